The highest BCUT2D eigenvalue weighted by Gasteiger charge is 2.10. The van der Waals surface area contributed by atoms with Gasteiger partial charge < -0.3 is 14.6 Å². The zero-order chi connectivity index (χ0) is 16.5. The molecular formula is C20H26O3. The molecule has 0 heterocycles. The van der Waals surface area contributed by atoms with Gasteiger partial charge in [-0.15, -0.1) is 0 Å². The summed E-state index contributed by atoms with van der Waals surface area (Å²) < 4.78 is 11.3. The van der Waals surface area contributed by atoms with Crippen molar-refractivity contribution in [2.45, 2.75) is 45.3 Å². The fourth-order valence-electron chi connectivity index (χ4n) is 2.51. The van der Waals surface area contributed by atoms with Crippen molar-refractivity contribution in [1.82, 2.24) is 0 Å². The van der Waals surface area contributed by atoms with Crippen LogP contribution in [0.25, 0.3) is 0 Å². The number of rotatable bonds is 9. The zero-order valence-corrected chi connectivity index (χ0v) is 14.0. The highest BCUT2D eigenvalue weighted by atomic mass is 16.5. The second-order valence-electron chi connectivity index (χ2n) is 5.76. The predicted octanol–water partition coefficient (Wildman–Crippen LogP) is 4.37. The van der Waals surface area contributed by atoms with Gasteiger partial charge in [-0.1, -0.05) is 56.2 Å². The van der Waals surface area contributed by atoms with Crippen molar-refractivity contribution in [3.8, 4) is 11.5 Å². The molecule has 0 spiro atoms. The maximum Gasteiger partial charge on any atom is 0.161 e. The van der Waals surface area contributed by atoms with Crippen molar-refractivity contribution in [3.05, 3.63) is 59.7 Å². The van der Waals surface area contributed by atoms with Crippen LogP contribution >= 0.6 is 0 Å². The van der Waals surface area contributed by atoms with Gasteiger partial charge in [0.2, 0.25) is 0 Å². The molecule has 1 atom stereocenters. The Morgan fingerprint density at radius 2 is 1.78 bits per heavy atom. The molecule has 0 saturated heterocycles. The van der Waals surface area contributed by atoms with Crippen LogP contribution in [0.1, 0.15) is 37.3 Å². The van der Waals surface area contributed by atoms with Gasteiger partial charge in [0, 0.05) is 0 Å². The van der Waals surface area contributed by atoms with E-state index in [0.29, 0.717) is 18.8 Å². The third-order valence-electron chi connectivity index (χ3n) is 3.83. The molecule has 124 valence electrons. The summed E-state index contributed by atoms with van der Waals surface area (Å²) in [7, 11) is 1.64. The first-order valence-corrected chi connectivity index (χ1v) is 8.24. The van der Waals surface area contributed by atoms with E-state index in [1.165, 1.54) is 0 Å². The van der Waals surface area contributed by atoms with E-state index in [4.69, 9.17) is 9.47 Å². The zero-order valence-electron chi connectivity index (χ0n) is 14.0. The lowest BCUT2D eigenvalue weighted by atomic mass is 10.0. The number of unbranched alkanes of at least 4 members (excludes halogenated alkanes) is 1. The molecule has 0 radical (unpaired) electrons. The number of ether oxygens (including phenoxy) is 2. The van der Waals surface area contributed by atoms with Crippen LogP contribution in [-0.2, 0) is 13.0 Å². The lowest BCUT2D eigenvalue weighted by molar-refractivity contribution is 0.161. The Hall–Kier alpha value is -2.00. The van der Waals surface area contributed by atoms with E-state index in [9.17, 15) is 5.11 Å². The smallest absolute Gasteiger partial charge is 0.161 e. The topological polar surface area (TPSA) is 38.7 Å². The minimum Gasteiger partial charge on any atom is -0.493 e. The second kappa shape index (κ2) is 9.21. The van der Waals surface area contributed by atoms with Crippen molar-refractivity contribution in [3.63, 3.8) is 0 Å². The average molecular weight is 314 g/mol. The number of aliphatic hydroxyl groups is 1. The summed E-state index contributed by atoms with van der Waals surface area (Å²) in [6.45, 7) is 2.64. The van der Waals surface area contributed by atoms with Gasteiger partial charge in [0.1, 0.15) is 6.61 Å². The van der Waals surface area contributed by atoms with Crippen LogP contribution in [0.2, 0.25) is 0 Å². The Balaban J connectivity index is 1.98. The summed E-state index contributed by atoms with van der Waals surface area (Å²) in [5.41, 5.74) is 2.19. The molecular weight excluding hydrogens is 288 g/mol. The molecule has 3 nitrogen and oxygen atoms in total. The fraction of sp³-hybridized carbons (Fsp3) is 0.400. The third-order valence-corrected chi connectivity index (χ3v) is 3.83. The Bertz CT molecular complexity index is 581. The van der Waals surface area contributed by atoms with Gasteiger partial charge in [-0.3, -0.25) is 0 Å². The molecule has 0 saturated carbocycles. The summed E-state index contributed by atoms with van der Waals surface area (Å²) in [5, 5.41) is 10.0. The molecule has 0 amide bonds. The molecule has 3 heteroatoms. The molecule has 1 N–H and O–H groups in total. The summed E-state index contributed by atoms with van der Waals surface area (Å²) in [5.74, 6) is 1.43. The van der Waals surface area contributed by atoms with Crippen LogP contribution < -0.4 is 9.47 Å². The molecule has 0 aromatic heterocycles. The van der Waals surface area contributed by atoms with Crippen LogP contribution in [0, 0.1) is 0 Å². The Labute approximate surface area is 138 Å². The number of aliphatic hydroxyl groups excluding tert-OH is 1. The van der Waals surface area contributed by atoms with Gasteiger partial charge in [-0.25, -0.2) is 0 Å². The molecule has 2 aromatic rings. The van der Waals surface area contributed by atoms with Gasteiger partial charge >= 0.3 is 0 Å². The monoisotopic (exact) mass is 314 g/mol. The molecule has 1 unspecified atom stereocenters. The van der Waals surface area contributed by atoms with Gasteiger partial charge in [-0.05, 0) is 36.1 Å². The minimum atomic E-state index is -0.296. The van der Waals surface area contributed by atoms with Crippen LogP contribution in [0.5, 0.6) is 11.5 Å². The average Bonchev–Trinajstić information content (AvgIpc) is 2.59. The molecule has 0 aliphatic carbocycles. The molecule has 0 bridgehead atoms. The Kier molecular flexibility index (Phi) is 6.95. The minimum absolute atomic E-state index is 0.296. The predicted molar refractivity (Wildman–Crippen MR) is 93.0 cm³/mol. The van der Waals surface area contributed by atoms with Crippen molar-refractivity contribution in [1.29, 1.82) is 0 Å². The van der Waals surface area contributed by atoms with Crippen LogP contribution in [0.3, 0.4) is 0 Å². The molecule has 23 heavy (non-hydrogen) atoms. The van der Waals surface area contributed by atoms with Crippen LogP contribution in [-0.4, -0.2) is 18.3 Å². The quantitative estimate of drug-likeness (QED) is 0.747. The number of benzene rings is 2. The standard InChI is InChI=1S/C20H26O3/c1-3-4-10-18(21)13-17-11-12-19(20(14-17)22-2)23-15-16-8-6-5-7-9-16/h5-9,11-12,14,18,21H,3-4,10,13,15H2,1-2H3. The van der Waals surface area contributed by atoms with Crippen LogP contribution in [0.4, 0.5) is 0 Å². The summed E-state index contributed by atoms with van der Waals surface area (Å²) >= 11 is 0. The summed E-state index contributed by atoms with van der Waals surface area (Å²) in [6.07, 6.45) is 3.35. The van der Waals surface area contributed by atoms with E-state index in [-0.39, 0.29) is 6.10 Å². The van der Waals surface area contributed by atoms with Crippen molar-refractivity contribution >= 4 is 0 Å². The Morgan fingerprint density at radius 1 is 1.00 bits per heavy atom. The van der Waals surface area contributed by atoms with Crippen LogP contribution in [0.15, 0.2) is 48.5 Å². The largest absolute Gasteiger partial charge is 0.493 e. The van der Waals surface area contributed by atoms with E-state index in [1.807, 2.05) is 48.5 Å². The molecule has 0 fully saturated rings. The fourth-order valence-corrected chi connectivity index (χ4v) is 2.51. The number of hydrogen-bond acceptors (Lipinski definition) is 3. The highest BCUT2D eigenvalue weighted by Crippen LogP contribution is 2.29. The SMILES string of the molecule is CCCCC(O)Cc1ccc(OCc2ccccc2)c(OC)c1. The maximum absolute atomic E-state index is 10.0. The van der Waals surface area contributed by atoms with Gasteiger partial charge in [0.05, 0.1) is 13.2 Å². The lowest BCUT2D eigenvalue weighted by Crippen LogP contribution is -2.10. The first-order chi connectivity index (χ1) is 11.2. The van der Waals surface area contributed by atoms with Crippen molar-refractivity contribution in [2.24, 2.45) is 0 Å². The lowest BCUT2D eigenvalue weighted by Gasteiger charge is -2.14. The number of hydrogen-bond donors (Lipinski definition) is 1. The highest BCUT2D eigenvalue weighted by molar-refractivity contribution is 5.43. The summed E-state index contributed by atoms with van der Waals surface area (Å²) in [6, 6.07) is 15.9. The Morgan fingerprint density at radius 3 is 2.48 bits per heavy atom. The van der Waals surface area contributed by atoms with E-state index >= 15 is 0 Å². The molecule has 0 aliphatic heterocycles. The van der Waals surface area contributed by atoms with E-state index in [0.717, 1.165) is 36.1 Å². The first kappa shape index (κ1) is 17.4. The molecule has 2 aromatic carbocycles. The van der Waals surface area contributed by atoms with E-state index in [1.54, 1.807) is 7.11 Å². The summed E-state index contributed by atoms with van der Waals surface area (Å²) in [4.78, 5) is 0. The van der Waals surface area contributed by atoms with Gasteiger partial charge in [0.15, 0.2) is 11.5 Å². The third kappa shape index (κ3) is 5.61. The maximum atomic E-state index is 10.0. The second-order valence-corrected chi connectivity index (χ2v) is 5.76. The van der Waals surface area contributed by atoms with Gasteiger partial charge in [0.25, 0.3) is 0 Å². The van der Waals surface area contributed by atoms with Crippen molar-refractivity contribution < 1.29 is 14.6 Å². The first-order valence-electron chi connectivity index (χ1n) is 8.24. The molecule has 0 aliphatic rings. The molecule has 2 rings (SSSR count). The number of methoxy groups -OCH3 is 1. The van der Waals surface area contributed by atoms with Gasteiger partial charge in [-0.2, -0.15) is 0 Å². The van der Waals surface area contributed by atoms with E-state index in [2.05, 4.69) is 6.92 Å². The van der Waals surface area contributed by atoms with E-state index < -0.39 is 0 Å². The normalized spacial score (nSPS) is 12.0. The van der Waals surface area contributed by atoms with Crippen molar-refractivity contribution in [2.75, 3.05) is 7.11 Å².